The van der Waals surface area contributed by atoms with Crippen LogP contribution in [0.3, 0.4) is 0 Å². The Bertz CT molecular complexity index is 938. The smallest absolute Gasteiger partial charge is 0.342 e. The van der Waals surface area contributed by atoms with Gasteiger partial charge in [-0.1, -0.05) is 66.5 Å². The first-order chi connectivity index (χ1) is 17.7. The molecule has 0 bridgehead atoms. The van der Waals surface area contributed by atoms with Crippen LogP contribution in [-0.4, -0.2) is 40.5 Å². The van der Waals surface area contributed by atoms with Crippen molar-refractivity contribution in [3.8, 4) is 5.75 Å². The first kappa shape index (κ1) is 30.5. The monoisotopic (exact) mass is 530 g/mol. The van der Waals surface area contributed by atoms with E-state index in [0.29, 0.717) is 11.8 Å². The van der Waals surface area contributed by atoms with Gasteiger partial charge in [0.1, 0.15) is 23.5 Å². The maximum Gasteiger partial charge on any atom is 0.342 e. The third-order valence-electron chi connectivity index (χ3n) is 8.41. The van der Waals surface area contributed by atoms with E-state index in [1.54, 1.807) is 18.2 Å². The molecule has 3 aliphatic carbocycles. The molecule has 3 saturated carbocycles. The minimum Gasteiger partial charge on any atom is -0.507 e. The molecule has 0 spiro atoms. The van der Waals surface area contributed by atoms with Crippen molar-refractivity contribution in [2.75, 3.05) is 0 Å². The van der Waals surface area contributed by atoms with Gasteiger partial charge in [-0.05, 0) is 86.2 Å². The lowest BCUT2D eigenvalue weighted by Gasteiger charge is -2.39. The Morgan fingerprint density at radius 2 is 1.34 bits per heavy atom. The summed E-state index contributed by atoms with van der Waals surface area (Å²) in [5.41, 5.74) is 0.716. The predicted octanol–water partition coefficient (Wildman–Crippen LogP) is 7.06. The SMILES string of the molecule is CC1CC(OC(=O)C2CCCCC2O)CC(C)(C)C1.CC1CC(OC(=O)c2ccccc2O)CC(C)(C)C1. The summed E-state index contributed by atoms with van der Waals surface area (Å²) in [5, 5.41) is 19.6. The van der Waals surface area contributed by atoms with Gasteiger partial charge in [0.15, 0.2) is 0 Å². The summed E-state index contributed by atoms with van der Waals surface area (Å²) in [6.45, 7) is 13.4. The standard InChI is InChI=1S/C16H28O3.C16H22O3/c2*1-11-8-12(10-16(2,3)9-11)19-15(18)13-6-4-5-7-14(13)17/h11-14,17H,4-10H2,1-3H3;4-7,11-12,17H,8-10H2,1-3H3. The Morgan fingerprint density at radius 1 is 0.816 bits per heavy atom. The number of phenolic OH excluding ortho intramolecular Hbond substituents is 1. The summed E-state index contributed by atoms with van der Waals surface area (Å²) in [7, 11) is 0. The van der Waals surface area contributed by atoms with Gasteiger partial charge in [0.05, 0.1) is 12.0 Å². The van der Waals surface area contributed by atoms with Crippen LogP contribution in [0.5, 0.6) is 5.75 Å². The van der Waals surface area contributed by atoms with Crippen LogP contribution in [0.1, 0.15) is 116 Å². The molecular formula is C32H50O6. The van der Waals surface area contributed by atoms with E-state index in [1.807, 2.05) is 0 Å². The zero-order valence-corrected chi connectivity index (χ0v) is 24.4. The highest BCUT2D eigenvalue weighted by Crippen LogP contribution is 2.41. The van der Waals surface area contributed by atoms with Crippen LogP contribution in [0, 0.1) is 28.6 Å². The van der Waals surface area contributed by atoms with Crippen LogP contribution in [0.15, 0.2) is 24.3 Å². The van der Waals surface area contributed by atoms with E-state index in [4.69, 9.17) is 9.47 Å². The summed E-state index contributed by atoms with van der Waals surface area (Å²) >= 11 is 0. The van der Waals surface area contributed by atoms with Crippen molar-refractivity contribution in [1.29, 1.82) is 0 Å². The molecule has 6 heteroatoms. The minimum absolute atomic E-state index is 0.0179. The number of rotatable bonds is 4. The second-order valence-electron chi connectivity index (χ2n) is 13.9. The largest absolute Gasteiger partial charge is 0.507 e. The van der Waals surface area contributed by atoms with E-state index in [1.165, 1.54) is 12.5 Å². The molecule has 0 heterocycles. The Hall–Kier alpha value is -2.08. The van der Waals surface area contributed by atoms with E-state index in [-0.39, 0.29) is 46.2 Å². The number of aromatic hydroxyl groups is 1. The lowest BCUT2D eigenvalue weighted by Crippen LogP contribution is -2.38. The first-order valence-corrected chi connectivity index (χ1v) is 14.6. The lowest BCUT2D eigenvalue weighted by atomic mass is 9.71. The quantitative estimate of drug-likeness (QED) is 0.405. The number of esters is 2. The molecule has 3 aliphatic rings. The average molecular weight is 531 g/mol. The van der Waals surface area contributed by atoms with Crippen molar-refractivity contribution in [1.82, 2.24) is 0 Å². The number of ether oxygens (including phenoxy) is 2. The number of carbonyl (C=O) groups is 2. The van der Waals surface area contributed by atoms with Crippen molar-refractivity contribution < 1.29 is 29.3 Å². The molecule has 1 aromatic carbocycles. The molecule has 4 rings (SSSR count). The fourth-order valence-electron chi connectivity index (χ4n) is 7.20. The van der Waals surface area contributed by atoms with E-state index in [0.717, 1.165) is 57.8 Å². The number of carbonyl (C=O) groups excluding carboxylic acids is 2. The van der Waals surface area contributed by atoms with Crippen molar-refractivity contribution in [2.24, 2.45) is 28.6 Å². The number of hydrogen-bond acceptors (Lipinski definition) is 6. The molecule has 38 heavy (non-hydrogen) atoms. The van der Waals surface area contributed by atoms with Gasteiger partial charge < -0.3 is 19.7 Å². The van der Waals surface area contributed by atoms with Gasteiger partial charge in [0.2, 0.25) is 0 Å². The summed E-state index contributed by atoms with van der Waals surface area (Å²) < 4.78 is 11.3. The fraction of sp³-hybridized carbons (Fsp3) is 0.750. The van der Waals surface area contributed by atoms with Gasteiger partial charge in [-0.25, -0.2) is 4.79 Å². The molecule has 0 amide bonds. The zero-order valence-electron chi connectivity index (χ0n) is 24.4. The third kappa shape index (κ3) is 9.00. The van der Waals surface area contributed by atoms with Gasteiger partial charge in [-0.2, -0.15) is 0 Å². The predicted molar refractivity (Wildman–Crippen MR) is 149 cm³/mol. The highest BCUT2D eigenvalue weighted by atomic mass is 16.5. The van der Waals surface area contributed by atoms with Crippen molar-refractivity contribution in [3.05, 3.63) is 29.8 Å². The summed E-state index contributed by atoms with van der Waals surface area (Å²) in [6, 6.07) is 6.51. The number of aliphatic hydroxyl groups excluding tert-OH is 1. The van der Waals surface area contributed by atoms with E-state index in [9.17, 15) is 19.8 Å². The minimum atomic E-state index is -0.490. The highest BCUT2D eigenvalue weighted by Gasteiger charge is 2.37. The molecule has 6 unspecified atom stereocenters. The van der Waals surface area contributed by atoms with Crippen LogP contribution in [-0.2, 0) is 14.3 Å². The maximum atomic E-state index is 12.2. The molecule has 2 N–H and O–H groups in total. The van der Waals surface area contributed by atoms with Gasteiger partial charge in [0.25, 0.3) is 0 Å². The Labute approximate surface area is 229 Å². The molecule has 3 fully saturated rings. The molecule has 6 nitrogen and oxygen atoms in total. The van der Waals surface area contributed by atoms with Crippen LogP contribution < -0.4 is 0 Å². The van der Waals surface area contributed by atoms with Crippen LogP contribution in [0.4, 0.5) is 0 Å². The second kappa shape index (κ2) is 12.8. The van der Waals surface area contributed by atoms with Crippen LogP contribution >= 0.6 is 0 Å². The summed E-state index contributed by atoms with van der Waals surface area (Å²) in [4.78, 5) is 24.3. The van der Waals surface area contributed by atoms with Crippen LogP contribution in [0.25, 0.3) is 0 Å². The molecule has 0 saturated heterocycles. The van der Waals surface area contributed by atoms with E-state index < -0.39 is 12.1 Å². The molecule has 0 aliphatic heterocycles. The lowest BCUT2D eigenvalue weighted by molar-refractivity contribution is -0.164. The number of para-hydroxylation sites is 1. The molecule has 6 atom stereocenters. The van der Waals surface area contributed by atoms with Crippen molar-refractivity contribution in [2.45, 2.75) is 124 Å². The van der Waals surface area contributed by atoms with Gasteiger partial charge >= 0.3 is 11.9 Å². The first-order valence-electron chi connectivity index (χ1n) is 14.6. The van der Waals surface area contributed by atoms with Gasteiger partial charge in [-0.3, -0.25) is 4.79 Å². The molecule has 1 aromatic rings. The number of benzene rings is 1. The topological polar surface area (TPSA) is 93.1 Å². The Morgan fingerprint density at radius 3 is 1.87 bits per heavy atom. The number of phenols is 1. The summed E-state index contributed by atoms with van der Waals surface area (Å²) in [6.07, 6.45) is 9.16. The Balaban J connectivity index is 0.000000211. The molecule has 0 aromatic heterocycles. The summed E-state index contributed by atoms with van der Waals surface area (Å²) in [5.74, 6) is 0.281. The highest BCUT2D eigenvalue weighted by molar-refractivity contribution is 5.92. The van der Waals surface area contributed by atoms with Gasteiger partial charge in [0, 0.05) is 0 Å². The fourth-order valence-corrected chi connectivity index (χ4v) is 7.20. The Kier molecular flexibility index (Phi) is 10.3. The number of aliphatic hydroxyl groups is 1. The molecular weight excluding hydrogens is 480 g/mol. The van der Waals surface area contributed by atoms with Gasteiger partial charge in [-0.15, -0.1) is 0 Å². The van der Waals surface area contributed by atoms with E-state index in [2.05, 4.69) is 41.5 Å². The molecule has 214 valence electrons. The third-order valence-corrected chi connectivity index (χ3v) is 8.41. The molecule has 0 radical (unpaired) electrons. The average Bonchev–Trinajstić information content (AvgIpc) is 2.77. The normalized spacial score (nSPS) is 32.3. The maximum absolute atomic E-state index is 12.2. The van der Waals surface area contributed by atoms with Crippen molar-refractivity contribution >= 4 is 11.9 Å². The van der Waals surface area contributed by atoms with Crippen molar-refractivity contribution in [3.63, 3.8) is 0 Å². The second-order valence-corrected chi connectivity index (χ2v) is 13.9. The van der Waals surface area contributed by atoms with Crippen LogP contribution in [0.2, 0.25) is 0 Å². The van der Waals surface area contributed by atoms with E-state index >= 15 is 0 Å². The number of hydrogen-bond donors (Lipinski definition) is 2. The zero-order chi connectivity index (χ0) is 28.1.